The van der Waals surface area contributed by atoms with Gasteiger partial charge in [0.2, 0.25) is 0 Å². The van der Waals surface area contributed by atoms with E-state index in [1.165, 1.54) is 7.11 Å². The average molecular weight is 350 g/mol. The number of ether oxygens (including phenoxy) is 4. The number of carbonyl (C=O) groups excluding carboxylic acids is 2. The molecule has 1 unspecified atom stereocenters. The van der Waals surface area contributed by atoms with Crippen LogP contribution < -0.4 is 4.74 Å². The molecule has 0 saturated heterocycles. The van der Waals surface area contributed by atoms with Crippen LogP contribution in [0.3, 0.4) is 0 Å². The van der Waals surface area contributed by atoms with Crippen molar-refractivity contribution in [2.45, 2.75) is 26.9 Å². The molecule has 25 heavy (non-hydrogen) atoms. The molecule has 1 atom stereocenters. The fraction of sp³-hybridized carbons (Fsp3) is 0.444. The van der Waals surface area contributed by atoms with Gasteiger partial charge in [0, 0.05) is 12.5 Å². The average Bonchev–Trinajstić information content (AvgIpc) is 2.90. The van der Waals surface area contributed by atoms with Gasteiger partial charge in [-0.3, -0.25) is 0 Å². The first-order valence-corrected chi connectivity index (χ1v) is 8.00. The monoisotopic (exact) mass is 350 g/mol. The number of benzene rings is 1. The van der Waals surface area contributed by atoms with E-state index < -0.39 is 18.0 Å². The van der Waals surface area contributed by atoms with Crippen molar-refractivity contribution in [2.24, 2.45) is 0 Å². The summed E-state index contributed by atoms with van der Waals surface area (Å²) >= 11 is 0. The summed E-state index contributed by atoms with van der Waals surface area (Å²) in [6.07, 6.45) is -0.762. The molecule has 0 aliphatic rings. The molecule has 0 aliphatic carbocycles. The van der Waals surface area contributed by atoms with Gasteiger partial charge in [0.15, 0.2) is 6.10 Å². The van der Waals surface area contributed by atoms with E-state index in [4.69, 9.17) is 23.4 Å². The molecule has 0 amide bonds. The summed E-state index contributed by atoms with van der Waals surface area (Å²) in [6, 6.07) is 5.00. The molecule has 1 aromatic heterocycles. The summed E-state index contributed by atoms with van der Waals surface area (Å²) in [5.74, 6) is -0.0677. The van der Waals surface area contributed by atoms with Gasteiger partial charge in [-0.25, -0.2) is 9.59 Å². The summed E-state index contributed by atoms with van der Waals surface area (Å²) < 4.78 is 26.1. The van der Waals surface area contributed by atoms with Gasteiger partial charge in [-0.05, 0) is 39.0 Å². The molecule has 0 radical (unpaired) electrons. The van der Waals surface area contributed by atoms with Gasteiger partial charge < -0.3 is 23.4 Å². The molecule has 0 N–H and O–H groups in total. The Bertz CT molecular complexity index is 747. The number of aryl methyl sites for hydroxylation is 1. The number of rotatable bonds is 8. The minimum Gasteiger partial charge on any atom is -0.479 e. The highest BCUT2D eigenvalue weighted by molar-refractivity contribution is 6.04. The van der Waals surface area contributed by atoms with Gasteiger partial charge in [-0.1, -0.05) is 0 Å². The molecular formula is C18H22O7. The zero-order valence-corrected chi connectivity index (χ0v) is 14.8. The molecule has 0 bridgehead atoms. The van der Waals surface area contributed by atoms with E-state index in [9.17, 15) is 9.59 Å². The quantitative estimate of drug-likeness (QED) is 0.534. The summed E-state index contributed by atoms with van der Waals surface area (Å²) in [5.41, 5.74) is 0.868. The van der Waals surface area contributed by atoms with E-state index >= 15 is 0 Å². The van der Waals surface area contributed by atoms with Crippen molar-refractivity contribution >= 4 is 22.9 Å². The molecule has 0 spiro atoms. The first kappa shape index (κ1) is 18.8. The van der Waals surface area contributed by atoms with Crippen molar-refractivity contribution in [2.75, 3.05) is 26.9 Å². The Labute approximate surface area is 145 Å². The smallest absolute Gasteiger partial charge is 0.347 e. The van der Waals surface area contributed by atoms with E-state index in [-0.39, 0.29) is 13.2 Å². The molecule has 136 valence electrons. The van der Waals surface area contributed by atoms with E-state index in [0.29, 0.717) is 34.6 Å². The lowest BCUT2D eigenvalue weighted by atomic mass is 10.1. The van der Waals surface area contributed by atoms with Crippen LogP contribution in [0.25, 0.3) is 11.0 Å². The van der Waals surface area contributed by atoms with Gasteiger partial charge >= 0.3 is 11.9 Å². The molecule has 2 aromatic rings. The fourth-order valence-corrected chi connectivity index (χ4v) is 2.33. The Morgan fingerprint density at radius 3 is 2.64 bits per heavy atom. The molecule has 0 saturated carbocycles. The van der Waals surface area contributed by atoms with Crippen molar-refractivity contribution < 1.29 is 33.0 Å². The van der Waals surface area contributed by atoms with Gasteiger partial charge in [0.25, 0.3) is 0 Å². The molecule has 0 aliphatic heterocycles. The fourth-order valence-electron chi connectivity index (χ4n) is 2.33. The lowest BCUT2D eigenvalue weighted by Crippen LogP contribution is -2.26. The minimum absolute atomic E-state index is 0.150. The number of furan rings is 1. The van der Waals surface area contributed by atoms with Crippen LogP contribution >= 0.6 is 0 Å². The predicted molar refractivity (Wildman–Crippen MR) is 89.8 cm³/mol. The number of fused-ring (bicyclic) bond motifs is 1. The summed E-state index contributed by atoms with van der Waals surface area (Å²) in [7, 11) is 1.53. The molecule has 7 heteroatoms. The number of esters is 2. The largest absolute Gasteiger partial charge is 0.479 e. The minimum atomic E-state index is -0.762. The Hall–Kier alpha value is -2.54. The van der Waals surface area contributed by atoms with Crippen LogP contribution in [0.2, 0.25) is 0 Å². The van der Waals surface area contributed by atoms with Crippen LogP contribution in [0.1, 0.15) is 30.0 Å². The van der Waals surface area contributed by atoms with Crippen LogP contribution in [-0.4, -0.2) is 45.0 Å². The van der Waals surface area contributed by atoms with E-state index in [1.807, 2.05) is 0 Å². The number of methoxy groups -OCH3 is 1. The Morgan fingerprint density at radius 1 is 1.20 bits per heavy atom. The van der Waals surface area contributed by atoms with E-state index in [2.05, 4.69) is 0 Å². The lowest BCUT2D eigenvalue weighted by molar-refractivity contribution is -0.150. The third kappa shape index (κ3) is 4.51. The first-order valence-electron chi connectivity index (χ1n) is 8.00. The third-order valence-corrected chi connectivity index (χ3v) is 3.49. The molecule has 2 rings (SSSR count). The number of hydrogen-bond acceptors (Lipinski definition) is 7. The normalized spacial score (nSPS) is 12.0. The van der Waals surface area contributed by atoms with Gasteiger partial charge in [0.05, 0.1) is 13.2 Å². The summed E-state index contributed by atoms with van der Waals surface area (Å²) in [6.45, 7) is 5.76. The highest BCUT2D eigenvalue weighted by Gasteiger charge is 2.21. The van der Waals surface area contributed by atoms with Crippen molar-refractivity contribution in [1.29, 1.82) is 0 Å². The van der Waals surface area contributed by atoms with Gasteiger partial charge in [0.1, 0.15) is 29.3 Å². The number of hydrogen-bond donors (Lipinski definition) is 0. The highest BCUT2D eigenvalue weighted by atomic mass is 16.6. The molecule has 7 nitrogen and oxygen atoms in total. The number of carbonyl (C=O) groups is 2. The van der Waals surface area contributed by atoms with Crippen LogP contribution in [0.4, 0.5) is 0 Å². The van der Waals surface area contributed by atoms with Crippen LogP contribution in [0.5, 0.6) is 5.75 Å². The van der Waals surface area contributed by atoms with Crippen LogP contribution in [0.15, 0.2) is 22.6 Å². The van der Waals surface area contributed by atoms with Crippen molar-refractivity contribution in [1.82, 2.24) is 0 Å². The van der Waals surface area contributed by atoms with E-state index in [1.54, 1.807) is 39.0 Å². The topological polar surface area (TPSA) is 84.2 Å². The maximum Gasteiger partial charge on any atom is 0.347 e. The Kier molecular flexibility index (Phi) is 6.41. The maximum atomic E-state index is 12.3. The van der Waals surface area contributed by atoms with Crippen molar-refractivity contribution in [3.63, 3.8) is 0 Å². The van der Waals surface area contributed by atoms with Crippen LogP contribution in [-0.2, 0) is 19.0 Å². The second-order valence-electron chi connectivity index (χ2n) is 5.33. The molecular weight excluding hydrogens is 328 g/mol. The molecule has 1 heterocycles. The summed E-state index contributed by atoms with van der Waals surface area (Å²) in [4.78, 5) is 24.0. The van der Waals surface area contributed by atoms with Crippen molar-refractivity contribution in [3.8, 4) is 5.75 Å². The zero-order valence-electron chi connectivity index (χ0n) is 14.8. The van der Waals surface area contributed by atoms with Crippen LogP contribution in [0, 0.1) is 6.92 Å². The second kappa shape index (κ2) is 8.53. The third-order valence-electron chi connectivity index (χ3n) is 3.49. The highest BCUT2D eigenvalue weighted by Crippen LogP contribution is 2.30. The first-order chi connectivity index (χ1) is 12.0. The SMILES string of the molecule is CCOC(=O)C(C)Oc1ccc2oc(C)c(C(=O)OCCOC)c2c1. The lowest BCUT2D eigenvalue weighted by Gasteiger charge is -2.13. The zero-order chi connectivity index (χ0) is 18.4. The maximum absolute atomic E-state index is 12.3. The van der Waals surface area contributed by atoms with E-state index in [0.717, 1.165) is 0 Å². The second-order valence-corrected chi connectivity index (χ2v) is 5.33. The van der Waals surface area contributed by atoms with Gasteiger partial charge in [-0.2, -0.15) is 0 Å². The van der Waals surface area contributed by atoms with Gasteiger partial charge in [-0.15, -0.1) is 0 Å². The standard InChI is InChI=1S/C18H22O7/c1-5-22-17(19)12(3)24-13-6-7-15-14(10-13)16(11(2)25-15)18(20)23-9-8-21-4/h6-7,10,12H,5,8-9H2,1-4H3. The Morgan fingerprint density at radius 2 is 1.96 bits per heavy atom. The molecule has 0 fully saturated rings. The molecule has 1 aromatic carbocycles. The summed E-state index contributed by atoms with van der Waals surface area (Å²) in [5, 5.41) is 0.563. The predicted octanol–water partition coefficient (Wildman–Crippen LogP) is 2.87. The van der Waals surface area contributed by atoms with Crippen molar-refractivity contribution in [3.05, 3.63) is 29.5 Å². The Balaban J connectivity index is 2.24.